The summed E-state index contributed by atoms with van der Waals surface area (Å²) >= 11 is 0. The van der Waals surface area contributed by atoms with Crippen molar-refractivity contribution in [2.24, 2.45) is 22.1 Å². The van der Waals surface area contributed by atoms with E-state index in [4.69, 9.17) is 96.3 Å². The van der Waals surface area contributed by atoms with Crippen LogP contribution in [0.4, 0.5) is 0 Å². The van der Waals surface area contributed by atoms with E-state index in [1.807, 2.05) is 0 Å². The van der Waals surface area contributed by atoms with Crippen LogP contribution in [0.1, 0.15) is 33.6 Å². The number of aliphatic hydroxyl groups is 26. The monoisotopic (exact) mass is 1640 g/mol. The molecule has 0 aromatic heterocycles. The maximum atomic E-state index is 11.6. The van der Waals surface area contributed by atoms with Crippen LogP contribution in [0.2, 0.25) is 0 Å². The minimum atomic E-state index is -1.97. The van der Waals surface area contributed by atoms with Crippen LogP contribution in [0.5, 0.6) is 0 Å². The van der Waals surface area contributed by atoms with Crippen molar-refractivity contribution in [3.8, 4) is 0 Å². The topological polar surface area (TPSA) is 790 Å². The van der Waals surface area contributed by atoms with Gasteiger partial charge in [-0.1, -0.05) is 24.1 Å². The Balaban J connectivity index is 0.000000286. The van der Waals surface area contributed by atoms with E-state index in [0.29, 0.717) is 0 Å². The smallest absolute Gasteiger partial charge is 0.187 e. The van der Waals surface area contributed by atoms with Gasteiger partial charge in [0, 0.05) is 48.0 Å². The second-order valence-corrected chi connectivity index (χ2v) is 28.1. The minimum absolute atomic E-state index is 0.0369. The van der Waals surface area contributed by atoms with Gasteiger partial charge in [0.05, 0.1) is 71.2 Å². The summed E-state index contributed by atoms with van der Waals surface area (Å²) in [5.41, 5.74) is 16.8. The number of ether oxygens (including phenoxy) is 18. The maximum absolute atomic E-state index is 11.6. The van der Waals surface area contributed by atoms with E-state index < -0.39 is 329 Å². The third-order valence-corrected chi connectivity index (χ3v) is 20.6. The Morgan fingerprint density at radius 2 is 0.509 bits per heavy atom. The lowest BCUT2D eigenvalue weighted by Crippen LogP contribution is -2.67. The Morgan fingerprint density at radius 3 is 0.875 bits per heavy atom. The highest BCUT2D eigenvalue weighted by atomic mass is 16.8. The predicted octanol–water partition coefficient (Wildman–Crippen LogP) is -14.6. The molecule has 0 spiro atoms. The molecule has 50 nitrogen and oxygen atoms in total. The van der Waals surface area contributed by atoms with Crippen LogP contribution < -0.4 is 0 Å². The van der Waals surface area contributed by atoms with Gasteiger partial charge in [-0.2, -0.15) is 0 Å². The molecule has 9 aliphatic heterocycles. The summed E-state index contributed by atoms with van der Waals surface area (Å²) in [6.07, 6.45) is -70.1. The third kappa shape index (κ3) is 21.7. The molecule has 0 amide bonds. The van der Waals surface area contributed by atoms with Gasteiger partial charge in [-0.15, -0.1) is 0 Å². The zero-order chi connectivity index (χ0) is 82.4. The summed E-state index contributed by atoms with van der Waals surface area (Å²) in [6.45, 7) is -2.28. The largest absolute Gasteiger partial charge is 0.394 e. The van der Waals surface area contributed by atoms with E-state index in [0.717, 1.165) is 0 Å². The average molecular weight is 1640 g/mol. The molecule has 9 heterocycles. The highest BCUT2D eigenvalue weighted by Crippen LogP contribution is 2.41. The molecule has 0 bridgehead atoms. The minimum Gasteiger partial charge on any atom is -0.394 e. The van der Waals surface area contributed by atoms with E-state index >= 15 is 0 Å². The first-order chi connectivity index (χ1) is 53.3. The Morgan fingerprint density at radius 1 is 0.250 bits per heavy atom. The molecule has 9 saturated heterocycles. The molecule has 0 aliphatic carbocycles. The van der Waals surface area contributed by atoms with Crippen LogP contribution in [-0.4, -0.2) is 476 Å². The predicted molar refractivity (Wildman–Crippen MR) is 350 cm³/mol. The van der Waals surface area contributed by atoms with Crippen LogP contribution in [0.3, 0.4) is 0 Å². The summed E-state index contributed by atoms with van der Waals surface area (Å²) in [6, 6.07) is 0. The lowest BCUT2D eigenvalue weighted by Gasteiger charge is -2.50. The third-order valence-electron chi connectivity index (χ3n) is 20.6. The van der Waals surface area contributed by atoms with E-state index in [2.05, 4.69) is 20.1 Å². The number of rotatable bonds is 32. The summed E-state index contributed by atoms with van der Waals surface area (Å²) < 4.78 is 102. The van der Waals surface area contributed by atoms with Gasteiger partial charge >= 0.3 is 0 Å². The molecule has 26 N–H and O–H groups in total. The molecule has 0 saturated carbocycles. The maximum Gasteiger partial charge on any atom is 0.187 e. The number of hydrogen-bond acceptors (Lipinski definition) is 46. The van der Waals surface area contributed by atoms with Crippen LogP contribution >= 0.6 is 0 Å². The van der Waals surface area contributed by atoms with E-state index in [-0.39, 0.29) is 39.1 Å². The molecule has 0 radical (unpaired) electrons. The molecule has 50 heteroatoms. The summed E-state index contributed by atoms with van der Waals surface area (Å²) in [5.74, 6) is -2.23. The van der Waals surface area contributed by atoms with Crippen LogP contribution in [0, 0.1) is 11.8 Å². The number of aliphatic hydroxyl groups excluding tert-OH is 26. The van der Waals surface area contributed by atoms with Gasteiger partial charge in [-0.25, -0.2) is 0 Å². The van der Waals surface area contributed by atoms with Crippen molar-refractivity contribution in [2.45, 2.75) is 298 Å². The molecular weight excluding hydrogens is 1530 g/mol. The highest BCUT2D eigenvalue weighted by molar-refractivity contribution is 5.02. The molecule has 9 fully saturated rings. The highest BCUT2D eigenvalue weighted by Gasteiger charge is 2.59. The summed E-state index contributed by atoms with van der Waals surface area (Å²) in [7, 11) is 0. The van der Waals surface area contributed by atoms with Crippen molar-refractivity contribution >= 4 is 0 Å². The van der Waals surface area contributed by atoms with Crippen LogP contribution in [-0.2, 0) is 85.3 Å². The quantitative estimate of drug-likeness (QED) is 0.0129. The lowest BCUT2D eigenvalue weighted by molar-refractivity contribution is -0.394. The fourth-order valence-corrected chi connectivity index (χ4v) is 13.9. The Hall–Kier alpha value is -3.14. The molecule has 112 heavy (non-hydrogen) atoms. The molecule has 0 aromatic rings. The summed E-state index contributed by atoms with van der Waals surface area (Å²) in [5, 5.41) is 281. The van der Waals surface area contributed by atoms with Gasteiger partial charge in [0.2, 0.25) is 0 Å². The van der Waals surface area contributed by atoms with Gasteiger partial charge < -0.3 is 218 Å². The molecule has 0 aromatic carbocycles. The fourth-order valence-electron chi connectivity index (χ4n) is 13.9. The average Bonchev–Trinajstić information content (AvgIpc) is 0.776. The van der Waals surface area contributed by atoms with Gasteiger partial charge in [-0.05, 0) is 30.8 Å². The number of nitrogens with zero attached hydrogens (tertiary/aromatic N) is 6. The first kappa shape index (κ1) is 94.3. The molecular formula is C62H108N6O44. The SMILES string of the molecule is CC1C(OC2C(O)C(CO)OC(OC3C(CO)OC(OCCCN=[N+]=[N-])C(O)C3O)C2O)OC(CO)C(OC2OC(CO)C(O)C(O)C2O)C1O.CC1OC(OC2C(OC3C(CO)OC(OC4C(O)C(CO)OC(OC5C(CO)OC(OCCCN=[N+]=[N-])C(O)C5O)C4O)C(C)C3O)OC(CO)C(O)C2O)C(O)C(O)C1O. The van der Waals surface area contributed by atoms with Gasteiger partial charge in [0.15, 0.2) is 56.6 Å². The molecule has 650 valence electrons. The first-order valence-corrected chi connectivity index (χ1v) is 36.2. The number of hydrogen-bond donors (Lipinski definition) is 26. The van der Waals surface area contributed by atoms with Crippen molar-refractivity contribution < 1.29 is 218 Å². The van der Waals surface area contributed by atoms with Crippen molar-refractivity contribution in [2.75, 3.05) is 79.2 Å². The van der Waals surface area contributed by atoms with Crippen molar-refractivity contribution in [1.29, 1.82) is 0 Å². The first-order valence-electron chi connectivity index (χ1n) is 36.2. The van der Waals surface area contributed by atoms with Gasteiger partial charge in [-0.3, -0.25) is 0 Å². The normalized spacial score (nSPS) is 48.8. The van der Waals surface area contributed by atoms with Crippen molar-refractivity contribution in [3.05, 3.63) is 20.9 Å². The second-order valence-electron chi connectivity index (χ2n) is 28.1. The molecule has 9 aliphatic rings. The van der Waals surface area contributed by atoms with Crippen LogP contribution in [0.25, 0.3) is 20.9 Å². The van der Waals surface area contributed by atoms with Crippen molar-refractivity contribution in [1.82, 2.24) is 0 Å². The second kappa shape index (κ2) is 43.7. The summed E-state index contributed by atoms with van der Waals surface area (Å²) in [4.78, 5) is 5.22. The van der Waals surface area contributed by atoms with E-state index in [9.17, 15) is 133 Å². The van der Waals surface area contributed by atoms with Crippen molar-refractivity contribution in [3.63, 3.8) is 0 Å². The zero-order valence-corrected chi connectivity index (χ0v) is 60.5. The number of azide groups is 2. The Labute approximate surface area is 636 Å². The standard InChI is InChI=1S/C34H59N3O24.C28H49N3O20/c1-10-16(42)26(59-34-29(21(47)18(44)12(6-38)55-34)61-32-23(49)20(46)17(43)11(2)53-32)14(8-40)56-30(10)60-28-19(45)13(7-39)54-33(25(28)51)58-27-15(9-41)57-31(24(50)22(27)48)52-5-3-4-36-37-35;1-9-14(36)22(49-27-19(41)17(39)15(37)10(5-32)45-27)12(7-34)47-25(9)51-24-16(38)11(6-33)46-28(21(24)43)50-23-13(8-35)48-26(20(42)18(23)40)44-4-2-3-30-31-29/h10-34,38-51H,3-9H2,1-2H3;9-28,32-43H,2-8H2,1H3. The van der Waals surface area contributed by atoms with Gasteiger partial charge in [0.1, 0.15) is 189 Å². The lowest BCUT2D eigenvalue weighted by atomic mass is 9.91. The Kier molecular flexibility index (Phi) is 36.8. The molecule has 9 rings (SSSR count). The molecule has 45 atom stereocenters. The van der Waals surface area contributed by atoms with E-state index in [1.165, 1.54) is 20.8 Å². The van der Waals surface area contributed by atoms with E-state index in [1.54, 1.807) is 0 Å². The van der Waals surface area contributed by atoms with Gasteiger partial charge in [0.25, 0.3) is 0 Å². The Bertz CT molecular complexity index is 2860. The fraction of sp³-hybridized carbons (Fsp3) is 1.00. The molecule has 45 unspecified atom stereocenters. The zero-order valence-electron chi connectivity index (χ0n) is 60.5. The van der Waals surface area contributed by atoms with Crippen LogP contribution in [0.15, 0.2) is 10.2 Å².